The molecule has 2 aliphatic rings. The predicted molar refractivity (Wildman–Crippen MR) is 157 cm³/mol. The van der Waals surface area contributed by atoms with Crippen molar-refractivity contribution in [2.75, 3.05) is 19.8 Å². The van der Waals surface area contributed by atoms with Gasteiger partial charge in [0.25, 0.3) is 5.56 Å². The number of hydrogen-bond donors (Lipinski definition) is 5. The van der Waals surface area contributed by atoms with Gasteiger partial charge in [0.1, 0.15) is 12.2 Å². The molecule has 2 aromatic rings. The SMILES string of the molecule is CC1[C@@H](CO)C[C@@H](n2cc(C#CCO)c(=O)[nH]c2=O)C1(C)C.[C-]#Cc1cn([C@@H]2C[C@H](CO)C(C)C2(C)C)c(=O)[nH]c1=O.[Y].[Y]. The number of aliphatic hydroxyl groups is 3. The average Bonchev–Trinajstić information content (AvgIpc) is 3.31. The van der Waals surface area contributed by atoms with E-state index >= 15 is 0 Å². The van der Waals surface area contributed by atoms with E-state index in [1.165, 1.54) is 21.5 Å². The minimum absolute atomic E-state index is 0. The predicted octanol–water partition coefficient (Wildman–Crippen LogP) is 0.781. The second kappa shape index (κ2) is 16.4. The molecule has 4 rings (SSSR count). The maximum atomic E-state index is 12.2. The minimum Gasteiger partial charge on any atom is -0.396 e. The zero-order valence-electron chi connectivity index (χ0n) is 26.2. The van der Waals surface area contributed by atoms with Crippen molar-refractivity contribution in [3.8, 4) is 17.8 Å². The Hall–Kier alpha value is -1.43. The molecule has 2 radical (unpaired) electrons. The van der Waals surface area contributed by atoms with E-state index in [2.05, 4.69) is 63.4 Å². The van der Waals surface area contributed by atoms with Gasteiger partial charge in [0.2, 0.25) is 0 Å². The van der Waals surface area contributed by atoms with Crippen LogP contribution in [0.15, 0.2) is 31.6 Å². The number of aliphatic hydroxyl groups excluding tert-OH is 3. The van der Waals surface area contributed by atoms with Crippen LogP contribution in [-0.4, -0.2) is 54.2 Å². The topological polar surface area (TPSA) is 170 Å². The molecule has 234 valence electrons. The van der Waals surface area contributed by atoms with E-state index in [9.17, 15) is 29.4 Å². The number of nitrogens with zero attached hydrogens (tertiary/aromatic N) is 2. The van der Waals surface area contributed by atoms with Crippen molar-refractivity contribution in [1.82, 2.24) is 19.1 Å². The molecule has 2 aliphatic carbocycles. The molecular formula is C31H41N4O7Y2-. The van der Waals surface area contributed by atoms with E-state index in [0.29, 0.717) is 12.8 Å². The molecule has 6 atom stereocenters. The third kappa shape index (κ3) is 8.10. The molecule has 44 heavy (non-hydrogen) atoms. The summed E-state index contributed by atoms with van der Waals surface area (Å²) in [5.41, 5.74) is -2.27. The Bertz CT molecular complexity index is 1640. The van der Waals surface area contributed by atoms with Crippen molar-refractivity contribution >= 4 is 0 Å². The largest absolute Gasteiger partial charge is 0.396 e. The van der Waals surface area contributed by atoms with Gasteiger partial charge in [-0.3, -0.25) is 30.0 Å². The fourth-order valence-corrected chi connectivity index (χ4v) is 6.57. The molecule has 2 saturated carbocycles. The van der Waals surface area contributed by atoms with E-state index in [0.717, 1.165) is 0 Å². The molecule has 2 aromatic heterocycles. The first-order chi connectivity index (χ1) is 19.6. The maximum Gasteiger partial charge on any atom is 0.328 e. The second-order valence-electron chi connectivity index (χ2n) is 12.6. The Kier molecular flexibility index (Phi) is 15.1. The Morgan fingerprint density at radius 2 is 1.18 bits per heavy atom. The van der Waals surface area contributed by atoms with E-state index in [1.807, 2.05) is 5.92 Å². The first kappa shape index (κ1) is 40.6. The third-order valence-electron chi connectivity index (χ3n) is 10.0. The standard InChI is InChI=1S/C16H22N2O4.C15H19N2O3.2Y/c1-10-12(9-20)7-13(16(10,2)3)18-8-11(5-4-6-19)14(21)17-15(18)22;1-5-10-7-17(14(20)16-13(10)19)12-6-11(8-18)9(2)15(12,3)4;;/h8,10,12-13,19-20H,6-7,9H2,1-3H3,(H,17,21,22);7,9,11-12,18H,6,8H2,2-4H3,(H,16,19,20);;/q;-1;;/t10?,12-,13-;9?,11-,12-;;/m11../s1. The van der Waals surface area contributed by atoms with Gasteiger partial charge >= 0.3 is 11.4 Å². The van der Waals surface area contributed by atoms with Crippen LogP contribution in [0.3, 0.4) is 0 Å². The van der Waals surface area contributed by atoms with Gasteiger partial charge in [-0.05, 0) is 52.9 Å². The molecule has 0 aliphatic heterocycles. The van der Waals surface area contributed by atoms with Gasteiger partial charge in [-0.2, -0.15) is 0 Å². The molecule has 0 aromatic carbocycles. The number of rotatable bonds is 4. The van der Waals surface area contributed by atoms with Crippen LogP contribution in [-0.2, 0) is 65.4 Å². The summed E-state index contributed by atoms with van der Waals surface area (Å²) < 4.78 is 2.99. The molecule has 5 N–H and O–H groups in total. The van der Waals surface area contributed by atoms with Crippen LogP contribution in [0.25, 0.3) is 0 Å². The quantitative estimate of drug-likeness (QED) is 0.227. The number of hydrogen-bond acceptors (Lipinski definition) is 7. The molecule has 0 saturated heterocycles. The Morgan fingerprint density at radius 3 is 1.52 bits per heavy atom. The van der Waals surface area contributed by atoms with E-state index in [4.69, 9.17) is 11.5 Å². The van der Waals surface area contributed by atoms with Gasteiger partial charge in [0.05, 0.1) is 0 Å². The second-order valence-corrected chi connectivity index (χ2v) is 12.6. The summed E-state index contributed by atoms with van der Waals surface area (Å²) in [6.07, 6.45) is 11.3. The van der Waals surface area contributed by atoms with Crippen molar-refractivity contribution in [2.45, 2.75) is 66.5 Å². The molecule has 0 spiro atoms. The number of aromatic amines is 2. The molecule has 11 nitrogen and oxygen atoms in total. The van der Waals surface area contributed by atoms with Crippen LogP contribution >= 0.6 is 0 Å². The van der Waals surface area contributed by atoms with Crippen LogP contribution in [0.1, 0.15) is 77.6 Å². The van der Waals surface area contributed by atoms with Crippen LogP contribution in [0, 0.1) is 58.7 Å². The monoisotopic (exact) mass is 759 g/mol. The number of aromatic nitrogens is 4. The van der Waals surface area contributed by atoms with Gasteiger partial charge in [-0.25, -0.2) is 9.59 Å². The summed E-state index contributed by atoms with van der Waals surface area (Å²) in [7, 11) is 0. The zero-order chi connectivity index (χ0) is 31.6. The summed E-state index contributed by atoms with van der Waals surface area (Å²) in [6.45, 7) is 12.2. The Morgan fingerprint density at radius 1 is 0.795 bits per heavy atom. The molecular weight excluding hydrogens is 718 g/mol. The van der Waals surface area contributed by atoms with E-state index in [1.54, 1.807) is 0 Å². The van der Waals surface area contributed by atoms with Crippen LogP contribution in [0.5, 0.6) is 0 Å². The van der Waals surface area contributed by atoms with E-state index in [-0.39, 0.29) is 143 Å². The molecule has 0 amide bonds. The molecule has 2 heterocycles. The van der Waals surface area contributed by atoms with Gasteiger partial charge in [0.15, 0.2) is 5.56 Å². The van der Waals surface area contributed by atoms with Crippen molar-refractivity contribution in [3.63, 3.8) is 0 Å². The van der Waals surface area contributed by atoms with Crippen molar-refractivity contribution < 1.29 is 80.7 Å². The Labute approximate surface area is 307 Å². The first-order valence-corrected chi connectivity index (χ1v) is 14.1. The van der Waals surface area contributed by atoms with Crippen LogP contribution in [0.4, 0.5) is 0 Å². The zero-order valence-corrected chi connectivity index (χ0v) is 31.9. The Balaban J connectivity index is 0.000000422. The maximum absolute atomic E-state index is 12.2. The van der Waals surface area contributed by atoms with E-state index < -0.39 is 22.5 Å². The molecule has 0 bridgehead atoms. The van der Waals surface area contributed by atoms with Crippen LogP contribution in [0.2, 0.25) is 0 Å². The van der Waals surface area contributed by atoms with Gasteiger partial charge in [-0.1, -0.05) is 59.6 Å². The molecule has 2 fully saturated rings. The van der Waals surface area contributed by atoms with Gasteiger partial charge in [0, 0.05) is 96.9 Å². The summed E-state index contributed by atoms with van der Waals surface area (Å²) in [5, 5.41) is 27.7. The first-order valence-electron chi connectivity index (χ1n) is 14.1. The fourth-order valence-electron chi connectivity index (χ4n) is 6.57. The molecule has 2 unspecified atom stereocenters. The van der Waals surface area contributed by atoms with Gasteiger partial charge in [-0.15, -0.1) is 0 Å². The van der Waals surface area contributed by atoms with Crippen molar-refractivity contribution in [1.29, 1.82) is 0 Å². The fraction of sp³-hybridized carbons (Fsp3) is 0.613. The summed E-state index contributed by atoms with van der Waals surface area (Å²) in [4.78, 5) is 52.0. The smallest absolute Gasteiger partial charge is 0.328 e. The molecule has 13 heteroatoms. The summed E-state index contributed by atoms with van der Waals surface area (Å²) in [5.74, 6) is 7.77. The van der Waals surface area contributed by atoms with Crippen LogP contribution < -0.4 is 22.5 Å². The normalized spacial score (nSPS) is 26.1. The number of H-pyrrole nitrogens is 2. The summed E-state index contributed by atoms with van der Waals surface area (Å²) in [6, 6.07) is -0.246. The average molecular weight is 760 g/mol. The summed E-state index contributed by atoms with van der Waals surface area (Å²) >= 11 is 0. The van der Waals surface area contributed by atoms with Crippen molar-refractivity contribution in [3.05, 3.63) is 71.6 Å². The van der Waals surface area contributed by atoms with Crippen molar-refractivity contribution in [2.24, 2.45) is 34.5 Å². The van der Waals surface area contributed by atoms with Gasteiger partial charge < -0.3 is 26.3 Å². The minimum atomic E-state index is -0.594. The third-order valence-corrected chi connectivity index (χ3v) is 10.0. The number of nitrogens with one attached hydrogen (secondary N) is 2.